The Hall–Kier alpha value is -3.06. The molecule has 1 saturated heterocycles. The van der Waals surface area contributed by atoms with Crippen molar-refractivity contribution < 1.29 is 19.1 Å². The molecule has 7 nitrogen and oxygen atoms in total. The van der Waals surface area contributed by atoms with Gasteiger partial charge in [-0.1, -0.05) is 12.1 Å². The Kier molecular flexibility index (Phi) is 5.40. The number of carbonyl (C=O) groups excluding carboxylic acids is 2. The van der Waals surface area contributed by atoms with E-state index >= 15 is 0 Å². The van der Waals surface area contributed by atoms with Crippen LogP contribution in [-0.4, -0.2) is 50.7 Å². The maximum absolute atomic E-state index is 12.8. The van der Waals surface area contributed by atoms with Crippen LogP contribution in [0.1, 0.15) is 34.8 Å². The van der Waals surface area contributed by atoms with Gasteiger partial charge in [0.2, 0.25) is 12.7 Å². The Balaban J connectivity index is 1.45. The lowest BCUT2D eigenvalue weighted by Gasteiger charge is -2.25. The van der Waals surface area contributed by atoms with Crippen LogP contribution in [-0.2, 0) is 4.79 Å². The van der Waals surface area contributed by atoms with E-state index in [4.69, 9.17) is 9.47 Å². The molecule has 1 atom stereocenters. The first kappa shape index (κ1) is 19.3. The van der Waals surface area contributed by atoms with Crippen molar-refractivity contribution in [2.75, 3.05) is 38.9 Å². The van der Waals surface area contributed by atoms with E-state index in [9.17, 15) is 9.59 Å². The van der Waals surface area contributed by atoms with Crippen molar-refractivity contribution in [2.24, 2.45) is 0 Å². The van der Waals surface area contributed by atoms with Crippen molar-refractivity contribution >= 4 is 17.5 Å². The van der Waals surface area contributed by atoms with Gasteiger partial charge in [0.05, 0.1) is 6.04 Å². The predicted molar refractivity (Wildman–Crippen MR) is 109 cm³/mol. The number of rotatable bonds is 6. The lowest BCUT2D eigenvalue weighted by Crippen LogP contribution is -2.34. The Labute approximate surface area is 170 Å². The van der Waals surface area contributed by atoms with E-state index < -0.39 is 0 Å². The highest BCUT2D eigenvalue weighted by molar-refractivity contribution is 5.99. The quantitative estimate of drug-likeness (QED) is 0.814. The van der Waals surface area contributed by atoms with Crippen molar-refractivity contribution in [3.8, 4) is 11.5 Å². The smallest absolute Gasteiger partial charge is 0.251 e. The normalized spacial score (nSPS) is 16.4. The standard InChI is InChI=1S/C22H25N3O4/c1-24(2)18(15-8-9-19-20(12-15)29-14-28-19)13-23-22(27)16-5-3-6-17(11-16)25-10-4-7-21(25)26/h3,5-6,8-9,11-12,18H,4,7,10,13-14H2,1-2H3,(H,23,27)/t18-/m0/s1. The van der Waals surface area contributed by atoms with E-state index in [2.05, 4.69) is 10.2 Å². The zero-order valence-electron chi connectivity index (χ0n) is 16.7. The van der Waals surface area contributed by atoms with Crippen LogP contribution >= 0.6 is 0 Å². The molecule has 7 heteroatoms. The summed E-state index contributed by atoms with van der Waals surface area (Å²) in [5.74, 6) is 1.41. The van der Waals surface area contributed by atoms with Crippen LogP contribution in [0.3, 0.4) is 0 Å². The summed E-state index contributed by atoms with van der Waals surface area (Å²) in [6.07, 6.45) is 1.42. The van der Waals surface area contributed by atoms with Gasteiger partial charge in [0.1, 0.15) is 0 Å². The number of likely N-dealkylation sites (N-methyl/N-ethyl adjacent to an activating group) is 1. The van der Waals surface area contributed by atoms with Crippen LogP contribution in [0.2, 0.25) is 0 Å². The molecular weight excluding hydrogens is 370 g/mol. The predicted octanol–water partition coefficient (Wildman–Crippen LogP) is 2.57. The molecular formula is C22H25N3O4. The van der Waals surface area contributed by atoms with Gasteiger partial charge in [0.25, 0.3) is 5.91 Å². The number of ether oxygens (including phenoxy) is 2. The molecule has 1 N–H and O–H groups in total. The van der Waals surface area contributed by atoms with Crippen molar-refractivity contribution in [1.82, 2.24) is 10.2 Å². The number of benzene rings is 2. The van der Waals surface area contributed by atoms with Gasteiger partial charge in [-0.3, -0.25) is 9.59 Å². The molecule has 0 radical (unpaired) electrons. The number of carbonyl (C=O) groups is 2. The molecule has 4 rings (SSSR count). The minimum Gasteiger partial charge on any atom is -0.454 e. The third kappa shape index (κ3) is 4.05. The highest BCUT2D eigenvalue weighted by atomic mass is 16.7. The third-order valence-corrected chi connectivity index (χ3v) is 5.35. The number of anilines is 1. The number of nitrogens with one attached hydrogen (secondary N) is 1. The van der Waals surface area contributed by atoms with Gasteiger partial charge in [-0.2, -0.15) is 0 Å². The summed E-state index contributed by atoms with van der Waals surface area (Å²) in [5.41, 5.74) is 2.36. The number of nitrogens with zero attached hydrogens (tertiary/aromatic N) is 2. The Morgan fingerprint density at radius 3 is 2.76 bits per heavy atom. The van der Waals surface area contributed by atoms with Gasteiger partial charge in [0, 0.05) is 30.8 Å². The lowest BCUT2D eigenvalue weighted by molar-refractivity contribution is -0.117. The van der Waals surface area contributed by atoms with Crippen LogP contribution in [0, 0.1) is 0 Å². The maximum Gasteiger partial charge on any atom is 0.251 e. The van der Waals surface area contributed by atoms with Gasteiger partial charge in [0.15, 0.2) is 11.5 Å². The van der Waals surface area contributed by atoms with Crippen molar-refractivity contribution in [2.45, 2.75) is 18.9 Å². The Bertz CT molecular complexity index is 928. The van der Waals surface area contributed by atoms with Gasteiger partial charge >= 0.3 is 0 Å². The maximum atomic E-state index is 12.8. The van der Waals surface area contributed by atoms with Crippen LogP contribution in [0.15, 0.2) is 42.5 Å². The summed E-state index contributed by atoms with van der Waals surface area (Å²) in [6.45, 7) is 1.38. The highest BCUT2D eigenvalue weighted by Crippen LogP contribution is 2.35. The first-order chi connectivity index (χ1) is 14.0. The largest absolute Gasteiger partial charge is 0.454 e. The second kappa shape index (κ2) is 8.13. The summed E-state index contributed by atoms with van der Waals surface area (Å²) < 4.78 is 10.9. The van der Waals surface area contributed by atoms with Crippen LogP contribution in [0.4, 0.5) is 5.69 Å². The fourth-order valence-electron chi connectivity index (χ4n) is 3.75. The molecule has 0 unspecified atom stereocenters. The minimum absolute atomic E-state index is 0.0169. The molecule has 0 bridgehead atoms. The van der Waals surface area contributed by atoms with Crippen molar-refractivity contribution in [3.63, 3.8) is 0 Å². The molecule has 0 aromatic heterocycles. The van der Waals surface area contributed by atoms with E-state index in [1.165, 1.54) is 0 Å². The lowest BCUT2D eigenvalue weighted by atomic mass is 10.0. The van der Waals surface area contributed by atoms with E-state index in [0.717, 1.165) is 29.2 Å². The summed E-state index contributed by atoms with van der Waals surface area (Å²) in [5, 5.41) is 3.02. The van der Waals surface area contributed by atoms with Gasteiger partial charge in [-0.15, -0.1) is 0 Å². The average molecular weight is 395 g/mol. The zero-order chi connectivity index (χ0) is 20.4. The summed E-state index contributed by atoms with van der Waals surface area (Å²) in [6, 6.07) is 13.1. The number of hydrogen-bond donors (Lipinski definition) is 1. The SMILES string of the molecule is CN(C)[C@@H](CNC(=O)c1cccc(N2CCCC2=O)c1)c1ccc2c(c1)OCO2. The first-order valence-corrected chi connectivity index (χ1v) is 9.77. The van der Waals surface area contributed by atoms with E-state index in [1.807, 2.05) is 44.4 Å². The summed E-state index contributed by atoms with van der Waals surface area (Å²) >= 11 is 0. The fourth-order valence-corrected chi connectivity index (χ4v) is 3.75. The highest BCUT2D eigenvalue weighted by Gasteiger charge is 2.23. The number of hydrogen-bond acceptors (Lipinski definition) is 5. The van der Waals surface area contributed by atoms with Crippen LogP contribution < -0.4 is 19.7 Å². The zero-order valence-corrected chi connectivity index (χ0v) is 16.7. The van der Waals surface area contributed by atoms with Gasteiger partial charge < -0.3 is 24.6 Å². The second-order valence-electron chi connectivity index (χ2n) is 7.50. The van der Waals surface area contributed by atoms with Crippen molar-refractivity contribution in [1.29, 1.82) is 0 Å². The molecule has 2 amide bonds. The van der Waals surface area contributed by atoms with Crippen LogP contribution in [0.25, 0.3) is 0 Å². The van der Waals surface area contributed by atoms with Gasteiger partial charge in [-0.25, -0.2) is 0 Å². The molecule has 2 aromatic rings. The van der Waals surface area contributed by atoms with Crippen LogP contribution in [0.5, 0.6) is 11.5 Å². The molecule has 2 heterocycles. The Morgan fingerprint density at radius 2 is 2.00 bits per heavy atom. The minimum atomic E-state index is -0.161. The molecule has 1 fully saturated rings. The molecule has 0 aliphatic carbocycles. The molecule has 2 aliphatic rings. The summed E-state index contributed by atoms with van der Waals surface area (Å²) in [7, 11) is 3.95. The molecule has 2 aromatic carbocycles. The molecule has 0 saturated carbocycles. The molecule has 0 spiro atoms. The average Bonchev–Trinajstić information content (AvgIpc) is 3.36. The van der Waals surface area contributed by atoms with E-state index in [0.29, 0.717) is 25.1 Å². The van der Waals surface area contributed by atoms with E-state index in [1.54, 1.807) is 17.0 Å². The summed E-state index contributed by atoms with van der Waals surface area (Å²) in [4.78, 5) is 28.5. The monoisotopic (exact) mass is 395 g/mol. The van der Waals surface area contributed by atoms with Crippen molar-refractivity contribution in [3.05, 3.63) is 53.6 Å². The third-order valence-electron chi connectivity index (χ3n) is 5.35. The topological polar surface area (TPSA) is 71.1 Å². The number of fused-ring (bicyclic) bond motifs is 1. The second-order valence-corrected chi connectivity index (χ2v) is 7.50. The molecule has 152 valence electrons. The fraction of sp³-hybridized carbons (Fsp3) is 0.364. The molecule has 29 heavy (non-hydrogen) atoms. The van der Waals surface area contributed by atoms with Gasteiger partial charge in [-0.05, 0) is 56.4 Å². The number of amides is 2. The first-order valence-electron chi connectivity index (χ1n) is 9.77. The Morgan fingerprint density at radius 1 is 1.17 bits per heavy atom. The van der Waals surface area contributed by atoms with E-state index in [-0.39, 0.29) is 24.6 Å². The molecule has 2 aliphatic heterocycles.